The Morgan fingerprint density at radius 1 is 1.20 bits per heavy atom. The zero-order valence-electron chi connectivity index (χ0n) is 13.6. The van der Waals surface area contributed by atoms with E-state index in [1.54, 1.807) is 19.2 Å². The molecular weight excluding hydrogens is 331 g/mol. The van der Waals surface area contributed by atoms with Gasteiger partial charge in [0.05, 0.1) is 12.7 Å². The molecule has 25 heavy (non-hydrogen) atoms. The topological polar surface area (TPSA) is 38.3 Å². The lowest BCUT2D eigenvalue weighted by molar-refractivity contribution is -0.138. The van der Waals surface area contributed by atoms with E-state index in [0.29, 0.717) is 18.7 Å². The molecule has 0 saturated heterocycles. The van der Waals surface area contributed by atoms with E-state index in [9.17, 15) is 18.0 Å². The number of carbonyl (C=O) groups excluding carboxylic acids is 1. The standard InChI is InChI=1S/C19H18F3NO2/c1-25-13-6-4-5-12(9-13)11-23-18(24)16-10-15(16)14-7-2-3-8-17(14)19(20,21)22/h2-9,15-16H,10-11H2,1H3,(H,23,24). The average molecular weight is 349 g/mol. The molecule has 1 saturated carbocycles. The SMILES string of the molecule is COc1cccc(CNC(=O)C2CC2c2ccccc2C(F)(F)F)c1. The quantitative estimate of drug-likeness (QED) is 0.881. The van der Waals surface area contributed by atoms with Crippen molar-refractivity contribution in [1.29, 1.82) is 0 Å². The molecule has 6 heteroatoms. The van der Waals surface area contributed by atoms with Crippen molar-refractivity contribution in [3.8, 4) is 5.75 Å². The van der Waals surface area contributed by atoms with E-state index < -0.39 is 17.7 Å². The van der Waals surface area contributed by atoms with Crippen LogP contribution in [-0.2, 0) is 17.5 Å². The number of alkyl halides is 3. The van der Waals surface area contributed by atoms with Crippen molar-refractivity contribution < 1.29 is 22.7 Å². The number of nitrogens with one attached hydrogen (secondary N) is 1. The monoisotopic (exact) mass is 349 g/mol. The van der Waals surface area contributed by atoms with Gasteiger partial charge < -0.3 is 10.1 Å². The normalized spacial score (nSPS) is 19.4. The molecule has 1 fully saturated rings. The minimum Gasteiger partial charge on any atom is -0.497 e. The van der Waals surface area contributed by atoms with E-state index in [4.69, 9.17) is 4.74 Å². The molecule has 3 nitrogen and oxygen atoms in total. The van der Waals surface area contributed by atoms with Gasteiger partial charge in [-0.15, -0.1) is 0 Å². The number of halogens is 3. The third-order valence-corrected chi connectivity index (χ3v) is 4.39. The second kappa shape index (κ2) is 6.78. The van der Waals surface area contributed by atoms with Crippen molar-refractivity contribution in [2.75, 3.05) is 7.11 Å². The predicted octanol–water partition coefficient (Wildman–Crippen LogP) is 4.13. The lowest BCUT2D eigenvalue weighted by Gasteiger charge is -2.12. The van der Waals surface area contributed by atoms with Crippen LogP contribution in [0, 0.1) is 5.92 Å². The highest BCUT2D eigenvalue weighted by Crippen LogP contribution is 2.51. The maximum absolute atomic E-state index is 13.1. The number of carbonyl (C=O) groups is 1. The minimum absolute atomic E-state index is 0.205. The summed E-state index contributed by atoms with van der Waals surface area (Å²) in [6.07, 6.45) is -3.96. The molecular formula is C19H18F3NO2. The predicted molar refractivity (Wildman–Crippen MR) is 87.1 cm³/mol. The maximum atomic E-state index is 13.1. The van der Waals surface area contributed by atoms with Crippen LogP contribution in [0.4, 0.5) is 13.2 Å². The van der Waals surface area contributed by atoms with Crippen molar-refractivity contribution in [2.24, 2.45) is 5.92 Å². The highest BCUT2D eigenvalue weighted by Gasteiger charge is 2.47. The van der Waals surface area contributed by atoms with Crippen LogP contribution in [0.15, 0.2) is 48.5 Å². The Morgan fingerprint density at radius 3 is 2.68 bits per heavy atom. The molecule has 2 atom stereocenters. The summed E-state index contributed by atoms with van der Waals surface area (Å²) in [5.41, 5.74) is 0.431. The molecule has 2 unspecified atom stereocenters. The lowest BCUT2D eigenvalue weighted by atomic mass is 10.0. The molecule has 0 aliphatic heterocycles. The Balaban J connectivity index is 1.63. The molecule has 0 heterocycles. The number of benzene rings is 2. The molecule has 1 amide bonds. The molecule has 1 aliphatic carbocycles. The summed E-state index contributed by atoms with van der Waals surface area (Å²) in [6.45, 7) is 0.320. The summed E-state index contributed by atoms with van der Waals surface area (Å²) in [6, 6.07) is 12.8. The van der Waals surface area contributed by atoms with Crippen LogP contribution in [0.3, 0.4) is 0 Å². The van der Waals surface area contributed by atoms with Gasteiger partial charge in [-0.1, -0.05) is 30.3 Å². The van der Waals surface area contributed by atoms with Crippen LogP contribution in [0.5, 0.6) is 5.75 Å². The van der Waals surface area contributed by atoms with E-state index >= 15 is 0 Å². The summed E-state index contributed by atoms with van der Waals surface area (Å²) < 4.78 is 44.4. The van der Waals surface area contributed by atoms with Crippen LogP contribution in [0.25, 0.3) is 0 Å². The van der Waals surface area contributed by atoms with E-state index in [0.717, 1.165) is 11.6 Å². The highest BCUT2D eigenvalue weighted by molar-refractivity contribution is 5.83. The first-order valence-electron chi connectivity index (χ1n) is 7.97. The Bertz CT molecular complexity index is 773. The van der Waals surface area contributed by atoms with Crippen molar-refractivity contribution in [3.63, 3.8) is 0 Å². The number of hydrogen-bond acceptors (Lipinski definition) is 2. The fraction of sp³-hybridized carbons (Fsp3) is 0.316. The van der Waals surface area contributed by atoms with E-state index in [2.05, 4.69) is 5.32 Å². The molecule has 1 N–H and O–H groups in total. The van der Waals surface area contributed by atoms with Crippen molar-refractivity contribution >= 4 is 5.91 Å². The largest absolute Gasteiger partial charge is 0.497 e. The summed E-state index contributed by atoms with van der Waals surface area (Å²) in [7, 11) is 1.56. The number of hydrogen-bond donors (Lipinski definition) is 1. The summed E-state index contributed by atoms with van der Waals surface area (Å²) in [5.74, 6) is -0.308. The molecule has 0 spiro atoms. The second-order valence-corrected chi connectivity index (χ2v) is 6.10. The van der Waals surface area contributed by atoms with Crippen molar-refractivity contribution in [2.45, 2.75) is 25.1 Å². The maximum Gasteiger partial charge on any atom is 0.416 e. The summed E-state index contributed by atoms with van der Waals surface area (Å²) in [4.78, 5) is 12.3. The van der Waals surface area contributed by atoms with Crippen LogP contribution in [-0.4, -0.2) is 13.0 Å². The van der Waals surface area contributed by atoms with Gasteiger partial charge in [-0.25, -0.2) is 0 Å². The molecule has 0 bridgehead atoms. The zero-order valence-corrected chi connectivity index (χ0v) is 13.6. The average Bonchev–Trinajstić information content (AvgIpc) is 3.40. The van der Waals surface area contributed by atoms with Gasteiger partial charge in [0.25, 0.3) is 0 Å². The Morgan fingerprint density at radius 2 is 1.96 bits per heavy atom. The molecule has 0 aromatic heterocycles. The van der Waals surface area contributed by atoms with Gasteiger partial charge in [-0.2, -0.15) is 13.2 Å². The van der Waals surface area contributed by atoms with Crippen LogP contribution in [0.1, 0.15) is 29.0 Å². The summed E-state index contributed by atoms with van der Waals surface area (Å²) >= 11 is 0. The smallest absolute Gasteiger partial charge is 0.416 e. The second-order valence-electron chi connectivity index (χ2n) is 6.10. The van der Waals surface area contributed by atoms with Gasteiger partial charge in [0.1, 0.15) is 5.75 Å². The van der Waals surface area contributed by atoms with Crippen molar-refractivity contribution in [1.82, 2.24) is 5.32 Å². The number of ether oxygens (including phenoxy) is 1. The number of rotatable bonds is 5. The lowest BCUT2D eigenvalue weighted by Crippen LogP contribution is -2.25. The van der Waals surface area contributed by atoms with E-state index in [-0.39, 0.29) is 17.4 Å². The Hall–Kier alpha value is -2.50. The Kier molecular flexibility index (Phi) is 4.70. The first kappa shape index (κ1) is 17.3. The molecule has 0 radical (unpaired) electrons. The number of amides is 1. The highest BCUT2D eigenvalue weighted by atomic mass is 19.4. The molecule has 2 aromatic carbocycles. The van der Waals surface area contributed by atoms with Crippen LogP contribution in [0.2, 0.25) is 0 Å². The molecule has 132 valence electrons. The van der Waals surface area contributed by atoms with Gasteiger partial charge in [-0.3, -0.25) is 4.79 Å². The Labute approximate surface area is 143 Å². The fourth-order valence-electron chi connectivity index (χ4n) is 3.01. The fourth-order valence-corrected chi connectivity index (χ4v) is 3.01. The summed E-state index contributed by atoms with van der Waals surface area (Å²) in [5, 5.41) is 2.79. The van der Waals surface area contributed by atoms with Gasteiger partial charge in [0.15, 0.2) is 0 Å². The van der Waals surface area contributed by atoms with Gasteiger partial charge in [-0.05, 0) is 41.7 Å². The molecule has 2 aromatic rings. The third-order valence-electron chi connectivity index (χ3n) is 4.39. The molecule has 1 aliphatic rings. The van der Waals surface area contributed by atoms with E-state index in [1.165, 1.54) is 12.1 Å². The van der Waals surface area contributed by atoms with Crippen molar-refractivity contribution in [3.05, 3.63) is 65.2 Å². The van der Waals surface area contributed by atoms with Crippen LogP contribution < -0.4 is 10.1 Å². The first-order valence-corrected chi connectivity index (χ1v) is 7.97. The van der Waals surface area contributed by atoms with Gasteiger partial charge in [0.2, 0.25) is 5.91 Å². The van der Waals surface area contributed by atoms with Crippen LogP contribution >= 0.6 is 0 Å². The van der Waals surface area contributed by atoms with Gasteiger partial charge >= 0.3 is 6.18 Å². The third kappa shape index (κ3) is 3.95. The van der Waals surface area contributed by atoms with Gasteiger partial charge in [0, 0.05) is 12.5 Å². The minimum atomic E-state index is -4.40. The zero-order chi connectivity index (χ0) is 18.0. The van der Waals surface area contributed by atoms with E-state index in [1.807, 2.05) is 18.2 Å². The molecule has 3 rings (SSSR count). The number of methoxy groups -OCH3 is 1. The first-order chi connectivity index (χ1) is 11.9.